The number of fused-ring (bicyclic) bond motifs is 2. The molecule has 0 saturated heterocycles. The molecule has 0 bridgehead atoms. The van der Waals surface area contributed by atoms with Crippen LogP contribution in [-0.4, -0.2) is 50.0 Å². The van der Waals surface area contributed by atoms with Crippen LogP contribution in [-0.2, 0) is 6.54 Å². The Morgan fingerprint density at radius 3 is 2.58 bits per heavy atom. The summed E-state index contributed by atoms with van der Waals surface area (Å²) in [5.41, 5.74) is 4.16. The van der Waals surface area contributed by atoms with Crippen LogP contribution in [0.3, 0.4) is 0 Å². The number of halogens is 1. The fraction of sp³-hybridized carbons (Fsp3) is 0.200. The second kappa shape index (κ2) is 10.0. The van der Waals surface area contributed by atoms with Gasteiger partial charge in [0, 0.05) is 30.1 Å². The van der Waals surface area contributed by atoms with Crippen molar-refractivity contribution in [1.82, 2.24) is 30.1 Å². The van der Waals surface area contributed by atoms with E-state index in [2.05, 4.69) is 31.5 Å². The third-order valence-corrected chi connectivity index (χ3v) is 7.46. The van der Waals surface area contributed by atoms with Gasteiger partial charge in [-0.1, -0.05) is 48.5 Å². The number of rotatable bonds is 6. The summed E-state index contributed by atoms with van der Waals surface area (Å²) in [4.78, 5) is 18.8. The number of H-pyrrole nitrogens is 1. The minimum Gasteiger partial charge on any atom is -0.454 e. The second-order valence-electron chi connectivity index (χ2n) is 9.91. The summed E-state index contributed by atoms with van der Waals surface area (Å²) >= 11 is 0. The van der Waals surface area contributed by atoms with Gasteiger partial charge in [-0.15, -0.1) is 5.10 Å². The summed E-state index contributed by atoms with van der Waals surface area (Å²) in [5.74, 6) is 1.56. The third kappa shape index (κ3) is 4.52. The van der Waals surface area contributed by atoms with Gasteiger partial charge >= 0.3 is 0 Å². The second-order valence-corrected chi connectivity index (χ2v) is 9.91. The molecule has 9 nitrogen and oxygen atoms in total. The van der Waals surface area contributed by atoms with Crippen molar-refractivity contribution in [3.05, 3.63) is 118 Å². The Balaban J connectivity index is 1.31. The molecule has 0 saturated carbocycles. The average molecular weight is 537 g/mol. The lowest BCUT2D eigenvalue weighted by atomic mass is 9.96. The first-order chi connectivity index (χ1) is 19.6. The highest BCUT2D eigenvalue weighted by Crippen LogP contribution is 2.37. The number of ether oxygens (including phenoxy) is 2. The van der Waals surface area contributed by atoms with E-state index in [0.29, 0.717) is 48.0 Å². The summed E-state index contributed by atoms with van der Waals surface area (Å²) in [7, 11) is 0. The molecule has 0 radical (unpaired) electrons. The number of hydrogen-bond donors (Lipinski definition) is 1. The number of nitrogens with zero attached hydrogens (tertiary/aromatic N) is 5. The Bertz CT molecular complexity index is 1780. The number of nitrogens with one attached hydrogen (secondary N) is 1. The molecule has 2 aliphatic rings. The van der Waals surface area contributed by atoms with Crippen LogP contribution in [0.2, 0.25) is 0 Å². The molecule has 1 atom stereocenters. The van der Waals surface area contributed by atoms with Crippen LogP contribution >= 0.6 is 0 Å². The van der Waals surface area contributed by atoms with E-state index in [1.54, 1.807) is 22.9 Å². The van der Waals surface area contributed by atoms with E-state index < -0.39 is 6.04 Å². The molecule has 4 heterocycles. The normalized spacial score (nSPS) is 15.8. The Morgan fingerprint density at radius 2 is 1.80 bits per heavy atom. The molecule has 2 aromatic heterocycles. The number of aromatic nitrogens is 5. The lowest BCUT2D eigenvalue weighted by Gasteiger charge is -2.33. The fourth-order valence-corrected chi connectivity index (χ4v) is 5.44. The highest BCUT2D eigenvalue weighted by atomic mass is 19.1. The van der Waals surface area contributed by atoms with E-state index in [1.165, 1.54) is 12.1 Å². The zero-order valence-corrected chi connectivity index (χ0v) is 21.5. The Kier molecular flexibility index (Phi) is 6.09. The molecule has 5 aromatic rings. The monoisotopic (exact) mass is 536 g/mol. The lowest BCUT2D eigenvalue weighted by molar-refractivity contribution is 0.174. The van der Waals surface area contributed by atoms with Crippen LogP contribution in [0.1, 0.15) is 35.0 Å². The molecule has 0 unspecified atom stereocenters. The Morgan fingerprint density at radius 1 is 1.00 bits per heavy atom. The largest absolute Gasteiger partial charge is 0.454 e. The Hall–Kier alpha value is -4.83. The van der Waals surface area contributed by atoms with Crippen molar-refractivity contribution in [2.75, 3.05) is 19.9 Å². The molecule has 0 fully saturated rings. The van der Waals surface area contributed by atoms with E-state index >= 15 is 0 Å². The summed E-state index contributed by atoms with van der Waals surface area (Å²) in [6, 6.07) is 21.5. The summed E-state index contributed by atoms with van der Waals surface area (Å²) < 4.78 is 26.3. The molecule has 200 valence electrons. The van der Waals surface area contributed by atoms with Crippen molar-refractivity contribution in [1.29, 1.82) is 0 Å². The molecule has 40 heavy (non-hydrogen) atoms. The molecule has 7 rings (SSSR count). The highest BCUT2D eigenvalue weighted by Gasteiger charge is 2.32. The topological polar surface area (TPSA) is 98.2 Å². The van der Waals surface area contributed by atoms with Crippen molar-refractivity contribution in [3.8, 4) is 11.5 Å². The first-order valence-corrected chi connectivity index (χ1v) is 13.1. The molecule has 2 aliphatic heterocycles. The van der Waals surface area contributed by atoms with Gasteiger partial charge in [-0.05, 0) is 57.8 Å². The number of aromatic amines is 1. The zero-order valence-electron chi connectivity index (χ0n) is 21.5. The SMILES string of the molecule is O=c1[nH]c2cc3c(cc2cc1[C@H](c1nnnn1Cc1ccccc1)N1CC=C(c2ccc(F)cc2)CC1)OCO3. The number of pyridine rings is 1. The van der Waals surface area contributed by atoms with Crippen LogP contribution in [0.15, 0.2) is 83.7 Å². The summed E-state index contributed by atoms with van der Waals surface area (Å²) in [6.45, 7) is 1.84. The van der Waals surface area contributed by atoms with Crippen LogP contribution in [0.25, 0.3) is 16.5 Å². The van der Waals surface area contributed by atoms with Gasteiger partial charge in [-0.2, -0.15) is 0 Å². The van der Waals surface area contributed by atoms with Gasteiger partial charge in [0.2, 0.25) is 6.79 Å². The standard InChI is InChI=1S/C30H25FN6O3/c31-23-8-6-20(7-9-23)21-10-12-36(13-11-21)28(29-33-34-35-37(29)17-19-4-2-1-3-5-19)24-14-22-15-26-27(40-18-39-26)16-25(22)32-30(24)38/h1-10,14-16,28H,11-13,17-18H2,(H,32,38)/t28-/m1/s1. The fourth-order valence-electron chi connectivity index (χ4n) is 5.44. The van der Waals surface area contributed by atoms with E-state index in [1.807, 2.05) is 42.5 Å². The first-order valence-electron chi connectivity index (χ1n) is 13.1. The van der Waals surface area contributed by atoms with Crippen LogP contribution in [0.5, 0.6) is 11.5 Å². The van der Waals surface area contributed by atoms with Gasteiger partial charge in [0.1, 0.15) is 11.9 Å². The first kappa shape index (κ1) is 24.2. The van der Waals surface area contributed by atoms with Crippen molar-refractivity contribution < 1.29 is 13.9 Å². The molecular formula is C30H25FN6O3. The number of hydrogen-bond acceptors (Lipinski definition) is 7. The van der Waals surface area contributed by atoms with E-state index in [4.69, 9.17) is 9.47 Å². The summed E-state index contributed by atoms with van der Waals surface area (Å²) in [5, 5.41) is 13.6. The smallest absolute Gasteiger partial charge is 0.253 e. The Labute approximate surface area is 228 Å². The maximum Gasteiger partial charge on any atom is 0.253 e. The van der Waals surface area contributed by atoms with Crippen molar-refractivity contribution >= 4 is 16.5 Å². The maximum absolute atomic E-state index is 13.6. The predicted octanol–water partition coefficient (Wildman–Crippen LogP) is 4.31. The van der Waals surface area contributed by atoms with Crippen molar-refractivity contribution in [2.24, 2.45) is 0 Å². The molecule has 0 amide bonds. The minimum absolute atomic E-state index is 0.149. The van der Waals surface area contributed by atoms with Gasteiger partial charge in [-0.25, -0.2) is 9.07 Å². The van der Waals surface area contributed by atoms with Crippen LogP contribution < -0.4 is 15.0 Å². The van der Waals surface area contributed by atoms with E-state index in [9.17, 15) is 9.18 Å². The zero-order chi connectivity index (χ0) is 27.1. The highest BCUT2D eigenvalue weighted by molar-refractivity contribution is 5.83. The van der Waals surface area contributed by atoms with Gasteiger partial charge < -0.3 is 14.5 Å². The van der Waals surface area contributed by atoms with Crippen LogP contribution in [0, 0.1) is 5.82 Å². The van der Waals surface area contributed by atoms with Crippen LogP contribution in [0.4, 0.5) is 4.39 Å². The molecular weight excluding hydrogens is 511 g/mol. The van der Waals surface area contributed by atoms with Crippen molar-refractivity contribution in [3.63, 3.8) is 0 Å². The number of benzene rings is 3. The lowest BCUT2D eigenvalue weighted by Crippen LogP contribution is -2.38. The minimum atomic E-state index is -0.511. The van der Waals surface area contributed by atoms with Gasteiger partial charge in [0.05, 0.1) is 12.1 Å². The molecule has 0 spiro atoms. The van der Waals surface area contributed by atoms with E-state index in [0.717, 1.165) is 28.5 Å². The molecule has 10 heteroatoms. The maximum atomic E-state index is 13.6. The molecule has 3 aromatic carbocycles. The van der Waals surface area contributed by atoms with E-state index in [-0.39, 0.29) is 18.2 Å². The number of tetrazole rings is 1. The average Bonchev–Trinajstić information content (AvgIpc) is 3.63. The predicted molar refractivity (Wildman–Crippen MR) is 146 cm³/mol. The van der Waals surface area contributed by atoms with Gasteiger partial charge in [-0.3, -0.25) is 9.69 Å². The molecule has 0 aliphatic carbocycles. The third-order valence-electron chi connectivity index (χ3n) is 7.46. The van der Waals surface area contributed by atoms with Gasteiger partial charge in [0.25, 0.3) is 5.56 Å². The quantitative estimate of drug-likeness (QED) is 0.345. The summed E-state index contributed by atoms with van der Waals surface area (Å²) in [6.07, 6.45) is 2.86. The van der Waals surface area contributed by atoms with Crippen molar-refractivity contribution in [2.45, 2.75) is 19.0 Å². The molecule has 1 N–H and O–H groups in total. The van der Waals surface area contributed by atoms with Gasteiger partial charge in [0.15, 0.2) is 17.3 Å².